The van der Waals surface area contributed by atoms with Gasteiger partial charge in [0.1, 0.15) is 0 Å². The molecule has 17 heavy (non-hydrogen) atoms. The highest BCUT2D eigenvalue weighted by Gasteiger charge is 2.27. The van der Waals surface area contributed by atoms with Crippen LogP contribution in [0.4, 0.5) is 13.2 Å². The molecule has 0 aromatic heterocycles. The highest BCUT2D eigenvalue weighted by molar-refractivity contribution is 7.89. The summed E-state index contributed by atoms with van der Waals surface area (Å²) in [5.41, 5.74) is 0. The molecule has 0 radical (unpaired) electrons. The number of rotatable bonds is 7. The number of aliphatic hydroxyl groups excluding tert-OH is 1. The molecule has 0 aromatic rings. The van der Waals surface area contributed by atoms with Crippen molar-refractivity contribution < 1.29 is 36.6 Å². The minimum Gasteiger partial charge on any atom is -0.479 e. The van der Waals surface area contributed by atoms with Crippen molar-refractivity contribution in [1.82, 2.24) is 4.72 Å². The predicted octanol–water partition coefficient (Wildman–Crippen LogP) is -0.306. The summed E-state index contributed by atoms with van der Waals surface area (Å²) in [6, 6.07) is 0. The first-order valence-electron chi connectivity index (χ1n) is 4.48. The minimum absolute atomic E-state index is 0.623. The van der Waals surface area contributed by atoms with Crippen LogP contribution in [0, 0.1) is 0 Å². The zero-order valence-electron chi connectivity index (χ0n) is 8.57. The van der Waals surface area contributed by atoms with Crippen molar-refractivity contribution in [3.8, 4) is 0 Å². The van der Waals surface area contributed by atoms with Crippen LogP contribution < -0.4 is 4.72 Å². The van der Waals surface area contributed by atoms with Crippen LogP contribution in [0.1, 0.15) is 12.8 Å². The van der Waals surface area contributed by atoms with E-state index in [4.69, 9.17) is 10.2 Å². The number of hydrogen-bond donors (Lipinski definition) is 3. The Hall–Kier alpha value is -0.870. The van der Waals surface area contributed by atoms with Crippen LogP contribution in [0.3, 0.4) is 0 Å². The standard InChI is InChI=1S/C7H12F3NO5S/c8-7(9,10)2-1-3-17(15,16)11-4-5(12)6(13)14/h5,11-12H,1-4H2,(H,13,14). The molecule has 0 fully saturated rings. The Kier molecular flexibility index (Phi) is 5.85. The van der Waals surface area contributed by atoms with E-state index < -0.39 is 53.4 Å². The first kappa shape index (κ1) is 16.1. The van der Waals surface area contributed by atoms with Crippen LogP contribution in [-0.2, 0) is 14.8 Å². The van der Waals surface area contributed by atoms with Gasteiger partial charge >= 0.3 is 12.1 Å². The van der Waals surface area contributed by atoms with Crippen LogP contribution in [0.2, 0.25) is 0 Å². The van der Waals surface area contributed by atoms with E-state index in [2.05, 4.69) is 0 Å². The van der Waals surface area contributed by atoms with Crippen LogP contribution in [0.25, 0.3) is 0 Å². The lowest BCUT2D eigenvalue weighted by molar-refractivity contribution is -0.146. The zero-order chi connectivity index (χ0) is 13.7. The lowest BCUT2D eigenvalue weighted by atomic mass is 10.3. The number of alkyl halides is 3. The minimum atomic E-state index is -4.43. The summed E-state index contributed by atoms with van der Waals surface area (Å²) in [6.07, 6.45) is -8.22. The molecule has 1 atom stereocenters. The summed E-state index contributed by atoms with van der Waals surface area (Å²) in [5.74, 6) is -2.40. The number of hydrogen-bond acceptors (Lipinski definition) is 4. The maximum atomic E-state index is 11.7. The fraction of sp³-hybridized carbons (Fsp3) is 0.857. The van der Waals surface area contributed by atoms with Crippen LogP contribution in [0.5, 0.6) is 0 Å². The average molecular weight is 279 g/mol. The van der Waals surface area contributed by atoms with Gasteiger partial charge in [-0.25, -0.2) is 17.9 Å². The summed E-state index contributed by atoms with van der Waals surface area (Å²) in [5, 5.41) is 17.0. The topological polar surface area (TPSA) is 104 Å². The Bertz CT molecular complexity index is 353. The molecular formula is C7H12F3NO5S. The quantitative estimate of drug-likeness (QED) is 0.593. The number of carboxylic acid groups (broad SMARTS) is 1. The first-order chi connectivity index (χ1) is 7.53. The number of aliphatic carboxylic acids is 1. The molecular weight excluding hydrogens is 267 g/mol. The summed E-state index contributed by atoms with van der Waals surface area (Å²) >= 11 is 0. The summed E-state index contributed by atoms with van der Waals surface area (Å²) in [6.45, 7) is -0.774. The number of carbonyl (C=O) groups is 1. The maximum Gasteiger partial charge on any atom is 0.389 e. The van der Waals surface area contributed by atoms with E-state index in [1.54, 1.807) is 4.72 Å². The SMILES string of the molecule is O=C(O)C(O)CNS(=O)(=O)CCCC(F)(F)F. The Labute approximate surface area is 95.5 Å². The van der Waals surface area contributed by atoms with Gasteiger partial charge < -0.3 is 10.2 Å². The largest absolute Gasteiger partial charge is 0.479 e. The molecule has 3 N–H and O–H groups in total. The molecule has 0 saturated heterocycles. The molecule has 0 aromatic carbocycles. The molecule has 10 heteroatoms. The van der Waals surface area contributed by atoms with Gasteiger partial charge in [-0.3, -0.25) is 0 Å². The third kappa shape index (κ3) is 8.89. The third-order valence-electron chi connectivity index (χ3n) is 1.65. The Morgan fingerprint density at radius 1 is 1.35 bits per heavy atom. The number of nitrogens with one attached hydrogen (secondary N) is 1. The Morgan fingerprint density at radius 3 is 2.29 bits per heavy atom. The van der Waals surface area contributed by atoms with Gasteiger partial charge in [0.2, 0.25) is 10.0 Å². The van der Waals surface area contributed by atoms with Crippen molar-refractivity contribution in [3.05, 3.63) is 0 Å². The van der Waals surface area contributed by atoms with Gasteiger partial charge in [0.25, 0.3) is 0 Å². The highest BCUT2D eigenvalue weighted by atomic mass is 32.2. The zero-order valence-corrected chi connectivity index (χ0v) is 9.38. The second-order valence-corrected chi connectivity index (χ2v) is 5.17. The van der Waals surface area contributed by atoms with E-state index in [-0.39, 0.29) is 0 Å². The monoisotopic (exact) mass is 279 g/mol. The fourth-order valence-corrected chi connectivity index (χ4v) is 1.91. The molecule has 6 nitrogen and oxygen atoms in total. The number of aliphatic hydroxyl groups is 1. The Morgan fingerprint density at radius 2 is 1.88 bits per heavy atom. The van der Waals surface area contributed by atoms with Crippen molar-refractivity contribution in [2.75, 3.05) is 12.3 Å². The second kappa shape index (κ2) is 6.17. The second-order valence-electron chi connectivity index (χ2n) is 3.24. The van der Waals surface area contributed by atoms with Crippen molar-refractivity contribution in [2.45, 2.75) is 25.1 Å². The molecule has 102 valence electrons. The normalized spacial score (nSPS) is 14.6. The van der Waals surface area contributed by atoms with Gasteiger partial charge in [0.15, 0.2) is 6.10 Å². The molecule has 0 spiro atoms. The van der Waals surface area contributed by atoms with Crippen molar-refractivity contribution in [2.24, 2.45) is 0 Å². The van der Waals surface area contributed by atoms with Gasteiger partial charge in [-0.2, -0.15) is 13.2 Å². The first-order valence-corrected chi connectivity index (χ1v) is 6.14. The fourth-order valence-electron chi connectivity index (χ4n) is 0.828. The van der Waals surface area contributed by atoms with E-state index in [1.807, 2.05) is 0 Å². The van der Waals surface area contributed by atoms with Crippen molar-refractivity contribution in [1.29, 1.82) is 0 Å². The number of carboxylic acids is 1. The number of sulfonamides is 1. The van der Waals surface area contributed by atoms with E-state index in [0.29, 0.717) is 0 Å². The van der Waals surface area contributed by atoms with Gasteiger partial charge in [-0.15, -0.1) is 0 Å². The molecule has 0 amide bonds. The maximum absolute atomic E-state index is 11.7. The van der Waals surface area contributed by atoms with Crippen LogP contribution >= 0.6 is 0 Å². The molecule has 0 saturated carbocycles. The van der Waals surface area contributed by atoms with Gasteiger partial charge in [-0.1, -0.05) is 0 Å². The van der Waals surface area contributed by atoms with Gasteiger partial charge in [0, 0.05) is 13.0 Å². The third-order valence-corrected chi connectivity index (χ3v) is 3.09. The van der Waals surface area contributed by atoms with E-state index in [0.717, 1.165) is 0 Å². The molecule has 1 unspecified atom stereocenters. The molecule has 0 bridgehead atoms. The summed E-state index contributed by atoms with van der Waals surface area (Å²) < 4.78 is 59.0. The predicted molar refractivity (Wildman–Crippen MR) is 50.7 cm³/mol. The average Bonchev–Trinajstić information content (AvgIpc) is 2.11. The molecule has 0 aliphatic carbocycles. The lowest BCUT2D eigenvalue weighted by Crippen LogP contribution is -2.37. The van der Waals surface area contributed by atoms with Crippen LogP contribution in [0.15, 0.2) is 0 Å². The van der Waals surface area contributed by atoms with Crippen molar-refractivity contribution >= 4 is 16.0 Å². The smallest absolute Gasteiger partial charge is 0.389 e. The van der Waals surface area contributed by atoms with E-state index in [9.17, 15) is 26.4 Å². The Balaban J connectivity index is 4.01. The van der Waals surface area contributed by atoms with Gasteiger partial charge in [-0.05, 0) is 6.42 Å². The number of halogens is 3. The lowest BCUT2D eigenvalue weighted by Gasteiger charge is -2.09. The molecule has 0 aliphatic heterocycles. The van der Waals surface area contributed by atoms with Gasteiger partial charge in [0.05, 0.1) is 5.75 Å². The van der Waals surface area contributed by atoms with Crippen LogP contribution in [-0.4, -0.2) is 49.2 Å². The van der Waals surface area contributed by atoms with E-state index >= 15 is 0 Å². The molecule has 0 rings (SSSR count). The van der Waals surface area contributed by atoms with Crippen molar-refractivity contribution in [3.63, 3.8) is 0 Å². The molecule has 0 aliphatic rings. The summed E-state index contributed by atoms with van der Waals surface area (Å²) in [7, 11) is -4.01. The summed E-state index contributed by atoms with van der Waals surface area (Å²) in [4.78, 5) is 10.1. The molecule has 0 heterocycles. The van der Waals surface area contributed by atoms with E-state index in [1.165, 1.54) is 0 Å². The highest BCUT2D eigenvalue weighted by Crippen LogP contribution is 2.21.